The third-order valence-electron chi connectivity index (χ3n) is 14.7. The molecule has 0 radical (unpaired) electrons. The monoisotopic (exact) mass is 1230 g/mol. The summed E-state index contributed by atoms with van der Waals surface area (Å²) in [5.41, 5.74) is 0. The molecule has 0 aliphatic heterocycles. The Morgan fingerprint density at radius 1 is 0.325 bits per heavy atom. The van der Waals surface area contributed by atoms with Crippen LogP contribution in [-0.2, 0) is 65.4 Å². The Kier molecular flexibility index (Phi) is 55.2. The molecule has 19 heteroatoms. The van der Waals surface area contributed by atoms with Crippen LogP contribution in [0.1, 0.15) is 318 Å². The summed E-state index contributed by atoms with van der Waals surface area (Å²) in [6.45, 7) is 9.38. The van der Waals surface area contributed by atoms with E-state index >= 15 is 0 Å². The summed E-state index contributed by atoms with van der Waals surface area (Å²) >= 11 is 0. The molecule has 0 fully saturated rings. The highest BCUT2D eigenvalue weighted by molar-refractivity contribution is 7.47. The van der Waals surface area contributed by atoms with E-state index in [-0.39, 0.29) is 25.7 Å². The number of hydrogen-bond donors (Lipinski definition) is 3. The maximum absolute atomic E-state index is 13.0. The molecule has 0 amide bonds. The van der Waals surface area contributed by atoms with Crippen LogP contribution < -0.4 is 0 Å². The van der Waals surface area contributed by atoms with Gasteiger partial charge in [-0.2, -0.15) is 0 Å². The molecule has 0 aliphatic rings. The lowest BCUT2D eigenvalue weighted by Crippen LogP contribution is -2.30. The molecule has 5 atom stereocenters. The SMILES string of the molecule is CCCCCCCCCCCCCCC(=O)OC[C@H](COP(=O)(O)OC[C@@H](O)COP(=O)(O)OC[C@@H](COC(=O)CCCCCCCCCC)OC(=O)CCCCCCCCC(C)C)OC(=O)CCCCCCCCCCCCCC(C)C. The van der Waals surface area contributed by atoms with Gasteiger partial charge in [0.25, 0.3) is 0 Å². The van der Waals surface area contributed by atoms with Gasteiger partial charge in [0.1, 0.15) is 19.3 Å². The Morgan fingerprint density at radius 2 is 0.554 bits per heavy atom. The summed E-state index contributed by atoms with van der Waals surface area (Å²) in [5.74, 6) is -0.704. The Balaban J connectivity index is 5.22. The summed E-state index contributed by atoms with van der Waals surface area (Å²) < 4.78 is 67.9. The van der Waals surface area contributed by atoms with Crippen molar-refractivity contribution >= 4 is 39.5 Å². The van der Waals surface area contributed by atoms with Gasteiger partial charge in [0.2, 0.25) is 0 Å². The average Bonchev–Trinajstić information content (AvgIpc) is 3.45. The number of rotatable bonds is 63. The van der Waals surface area contributed by atoms with Gasteiger partial charge in [-0.15, -0.1) is 0 Å². The summed E-state index contributed by atoms with van der Waals surface area (Å²) in [7, 11) is -9.88. The molecule has 17 nitrogen and oxygen atoms in total. The smallest absolute Gasteiger partial charge is 0.462 e. The molecular formula is C64H124O17P2. The molecule has 3 N–H and O–H groups in total. The standard InChI is InChI=1S/C64H124O17P2/c1-7-9-11-13-15-17-18-21-24-28-35-41-47-62(67)75-52-59(80-63(68)48-42-36-29-25-22-19-20-23-26-32-38-44-56(3)4)54-78-82(70,71)76-50-58(65)51-77-83(72,73)79-55-60(53-74-61(66)46-40-34-27-16-14-12-10-8-2)81-64(69)49-43-37-31-30-33-39-45-57(5)6/h56-60,65H,7-55H2,1-6H3,(H,70,71)(H,72,73)/t58-,59-,60-/m1/s1. The zero-order valence-corrected chi connectivity index (χ0v) is 55.3. The van der Waals surface area contributed by atoms with Crippen molar-refractivity contribution in [2.75, 3.05) is 39.6 Å². The molecule has 0 aromatic rings. The minimum atomic E-state index is -4.94. The number of carbonyl (C=O) groups is 4. The maximum atomic E-state index is 13.0. The number of phosphoric ester groups is 2. The van der Waals surface area contributed by atoms with E-state index in [1.165, 1.54) is 128 Å². The summed E-state index contributed by atoms with van der Waals surface area (Å²) in [5, 5.41) is 10.5. The lowest BCUT2D eigenvalue weighted by atomic mass is 10.0. The molecule has 0 saturated heterocycles. The zero-order chi connectivity index (χ0) is 61.5. The second kappa shape index (κ2) is 56.6. The van der Waals surface area contributed by atoms with E-state index in [2.05, 4.69) is 41.5 Å². The van der Waals surface area contributed by atoms with Crippen LogP contribution in [0.2, 0.25) is 0 Å². The maximum Gasteiger partial charge on any atom is 0.472 e. The molecule has 2 unspecified atom stereocenters. The molecule has 0 aromatic heterocycles. The number of esters is 4. The molecule has 0 aliphatic carbocycles. The van der Waals surface area contributed by atoms with Crippen LogP contribution in [0.15, 0.2) is 0 Å². The van der Waals surface area contributed by atoms with Crippen LogP contribution in [0.5, 0.6) is 0 Å². The molecule has 0 heterocycles. The highest BCUT2D eigenvalue weighted by Crippen LogP contribution is 2.45. The molecule has 492 valence electrons. The van der Waals surface area contributed by atoms with Gasteiger partial charge in [0, 0.05) is 25.7 Å². The van der Waals surface area contributed by atoms with Crippen molar-refractivity contribution < 1.29 is 80.2 Å². The number of aliphatic hydroxyl groups excluding tert-OH is 1. The number of unbranched alkanes of at least 4 members (excludes halogenated alkanes) is 33. The lowest BCUT2D eigenvalue weighted by molar-refractivity contribution is -0.161. The number of carbonyl (C=O) groups excluding carboxylic acids is 4. The summed E-state index contributed by atoms with van der Waals surface area (Å²) in [6, 6.07) is 0. The number of ether oxygens (including phenoxy) is 4. The van der Waals surface area contributed by atoms with Crippen molar-refractivity contribution in [3.05, 3.63) is 0 Å². The van der Waals surface area contributed by atoms with E-state index in [0.717, 1.165) is 102 Å². The first-order chi connectivity index (χ1) is 39.9. The van der Waals surface area contributed by atoms with Gasteiger partial charge in [-0.05, 0) is 37.5 Å². The quantitative estimate of drug-likeness (QED) is 0.0222. The van der Waals surface area contributed by atoms with Crippen molar-refractivity contribution in [3.8, 4) is 0 Å². The van der Waals surface area contributed by atoms with Crippen molar-refractivity contribution in [1.29, 1.82) is 0 Å². The van der Waals surface area contributed by atoms with Crippen LogP contribution in [0, 0.1) is 11.8 Å². The largest absolute Gasteiger partial charge is 0.472 e. The van der Waals surface area contributed by atoms with Gasteiger partial charge in [-0.1, -0.05) is 266 Å². The normalized spacial score (nSPS) is 14.3. The molecule has 0 saturated carbocycles. The Labute approximate surface area is 505 Å². The first-order valence-electron chi connectivity index (χ1n) is 33.5. The van der Waals surface area contributed by atoms with Crippen LogP contribution in [0.25, 0.3) is 0 Å². The van der Waals surface area contributed by atoms with E-state index < -0.39 is 97.5 Å². The van der Waals surface area contributed by atoms with E-state index in [1.54, 1.807) is 0 Å². The number of aliphatic hydroxyl groups is 1. The Hall–Kier alpha value is -1.94. The van der Waals surface area contributed by atoms with E-state index in [1.807, 2.05) is 0 Å². The van der Waals surface area contributed by atoms with Crippen molar-refractivity contribution in [2.45, 2.75) is 336 Å². The second-order valence-corrected chi connectivity index (χ2v) is 27.0. The fourth-order valence-electron chi connectivity index (χ4n) is 9.53. The molecule has 0 bridgehead atoms. The number of hydrogen-bond acceptors (Lipinski definition) is 15. The first kappa shape index (κ1) is 81.1. The average molecular weight is 1230 g/mol. The fourth-order valence-corrected chi connectivity index (χ4v) is 11.1. The van der Waals surface area contributed by atoms with Gasteiger partial charge in [0.05, 0.1) is 26.4 Å². The van der Waals surface area contributed by atoms with Gasteiger partial charge >= 0.3 is 39.5 Å². The van der Waals surface area contributed by atoms with Crippen molar-refractivity contribution in [3.63, 3.8) is 0 Å². The molecule has 0 rings (SSSR count). The van der Waals surface area contributed by atoms with Gasteiger partial charge in [-0.25, -0.2) is 9.13 Å². The first-order valence-corrected chi connectivity index (χ1v) is 36.5. The summed E-state index contributed by atoms with van der Waals surface area (Å²) in [4.78, 5) is 72.1. The van der Waals surface area contributed by atoms with Crippen molar-refractivity contribution in [2.24, 2.45) is 11.8 Å². The lowest BCUT2D eigenvalue weighted by Gasteiger charge is -2.21. The third-order valence-corrected chi connectivity index (χ3v) is 16.6. The highest BCUT2D eigenvalue weighted by atomic mass is 31.2. The van der Waals surface area contributed by atoms with Gasteiger partial charge in [0.15, 0.2) is 12.2 Å². The second-order valence-electron chi connectivity index (χ2n) is 24.1. The van der Waals surface area contributed by atoms with E-state index in [9.17, 15) is 43.2 Å². The zero-order valence-electron chi connectivity index (χ0n) is 53.5. The van der Waals surface area contributed by atoms with Gasteiger partial charge < -0.3 is 33.8 Å². The minimum Gasteiger partial charge on any atom is -0.462 e. The topological polar surface area (TPSA) is 237 Å². The third kappa shape index (κ3) is 58.8. The molecule has 0 aromatic carbocycles. The van der Waals surface area contributed by atoms with E-state index in [4.69, 9.17) is 37.0 Å². The minimum absolute atomic E-state index is 0.102. The van der Waals surface area contributed by atoms with Crippen LogP contribution in [-0.4, -0.2) is 96.7 Å². The van der Waals surface area contributed by atoms with E-state index in [0.29, 0.717) is 31.6 Å². The van der Waals surface area contributed by atoms with Crippen molar-refractivity contribution in [1.82, 2.24) is 0 Å². The highest BCUT2D eigenvalue weighted by Gasteiger charge is 2.30. The van der Waals surface area contributed by atoms with Crippen LogP contribution in [0.3, 0.4) is 0 Å². The molecular weight excluding hydrogens is 1100 g/mol. The predicted octanol–water partition coefficient (Wildman–Crippen LogP) is 17.7. The molecule has 0 spiro atoms. The Morgan fingerprint density at radius 3 is 0.819 bits per heavy atom. The fraction of sp³-hybridized carbons (Fsp3) is 0.938. The number of phosphoric acid groups is 2. The summed E-state index contributed by atoms with van der Waals surface area (Å²) in [6.07, 6.45) is 39.1. The van der Waals surface area contributed by atoms with Crippen LogP contribution in [0.4, 0.5) is 0 Å². The molecule has 83 heavy (non-hydrogen) atoms. The Bertz CT molecular complexity index is 1630. The van der Waals surface area contributed by atoms with Crippen LogP contribution >= 0.6 is 15.6 Å². The van der Waals surface area contributed by atoms with Gasteiger partial charge in [-0.3, -0.25) is 37.3 Å². The predicted molar refractivity (Wildman–Crippen MR) is 331 cm³/mol.